The molecule has 0 aromatic carbocycles. The van der Waals surface area contributed by atoms with E-state index in [0.717, 1.165) is 0 Å². The molecule has 0 rings (SSSR count). The predicted molar refractivity (Wildman–Crippen MR) is 34.6 cm³/mol. The molecule has 0 radical (unpaired) electrons. The normalized spacial score (nSPS) is 9.18. The Morgan fingerprint density at radius 3 is 2.64 bits per heavy atom. The third-order valence-electron chi connectivity index (χ3n) is 0.640. The van der Waals surface area contributed by atoms with Crippen molar-refractivity contribution in [1.82, 2.24) is 0 Å². The Morgan fingerprint density at radius 1 is 1.55 bits per heavy atom. The minimum absolute atomic E-state index is 0.0283. The molecule has 0 heterocycles. The van der Waals surface area contributed by atoms with Gasteiger partial charge in [0.05, 0.1) is 6.61 Å². The number of hydrogen-bond acceptors (Lipinski definition) is 5. The van der Waals surface area contributed by atoms with Crippen LogP contribution in [0.1, 0.15) is 0 Å². The highest BCUT2D eigenvalue weighted by Gasteiger charge is 1.96. The molecule has 7 heteroatoms. The second kappa shape index (κ2) is 5.87. The molecular weight excluding hydrogens is 177 g/mol. The van der Waals surface area contributed by atoms with Crippen molar-refractivity contribution in [2.75, 3.05) is 19.8 Å². The summed E-state index contributed by atoms with van der Waals surface area (Å²) >= 11 is 4.88. The van der Waals surface area contributed by atoms with E-state index in [1.165, 1.54) is 0 Å². The summed E-state index contributed by atoms with van der Waals surface area (Å²) in [4.78, 5) is 23.4. The van der Waals surface area contributed by atoms with Crippen molar-refractivity contribution in [3.8, 4) is 0 Å². The third-order valence-corrected chi connectivity index (χ3v) is 0.749. The van der Waals surface area contributed by atoms with Crippen LogP contribution in [0.15, 0.2) is 0 Å². The topological polar surface area (TPSA) is 78.7 Å². The molecule has 0 bridgehead atoms. The summed E-state index contributed by atoms with van der Waals surface area (Å²) in [6.45, 7) is -0.487. The first-order valence-corrected chi connectivity index (χ1v) is 3.04. The fourth-order valence-electron chi connectivity index (χ4n) is 0.323. The first-order valence-electron chi connectivity index (χ1n) is 2.66. The summed E-state index contributed by atoms with van der Waals surface area (Å²) in [7, 11) is 0. The summed E-state index contributed by atoms with van der Waals surface area (Å²) in [5, 5.41) is 7.95. The molecule has 0 aliphatic rings. The van der Waals surface area contributed by atoms with Crippen LogP contribution >= 0.6 is 11.6 Å². The molecule has 0 unspecified atom stereocenters. The number of carbonyl (C=O) groups is 1. The van der Waals surface area contributed by atoms with Crippen molar-refractivity contribution in [2.45, 2.75) is 0 Å². The molecule has 6 nitrogen and oxygen atoms in total. The summed E-state index contributed by atoms with van der Waals surface area (Å²) in [6.07, 6.45) is 0. The van der Waals surface area contributed by atoms with Crippen LogP contribution in [0.4, 0.5) is 0 Å². The Hall–Kier alpha value is -0.880. The number of rotatable bonds is 6. The minimum Gasteiger partial charge on any atom is -0.370 e. The largest absolute Gasteiger partial charge is 0.370 e. The molecule has 0 aliphatic carbocycles. The van der Waals surface area contributed by atoms with E-state index >= 15 is 0 Å². The summed E-state index contributed by atoms with van der Waals surface area (Å²) in [5.74, 6) is 0. The molecule has 11 heavy (non-hydrogen) atoms. The SMILES string of the molecule is O=C(Cl)COCCO[N+](=O)[O-]. The molecule has 0 saturated carbocycles. The average Bonchev–Trinajstić information content (AvgIpc) is 1.85. The van der Waals surface area contributed by atoms with Gasteiger partial charge in [-0.15, -0.1) is 10.1 Å². The van der Waals surface area contributed by atoms with E-state index in [-0.39, 0.29) is 19.8 Å². The summed E-state index contributed by atoms with van der Waals surface area (Å²) in [6, 6.07) is 0. The Kier molecular flexibility index (Phi) is 5.40. The Morgan fingerprint density at radius 2 is 2.18 bits per heavy atom. The Balaban J connectivity index is 3.03. The Bertz CT molecular complexity index is 133. The zero-order valence-electron chi connectivity index (χ0n) is 5.49. The van der Waals surface area contributed by atoms with Gasteiger partial charge in [-0.25, -0.2) is 0 Å². The van der Waals surface area contributed by atoms with Crippen LogP contribution in [0.5, 0.6) is 0 Å². The van der Waals surface area contributed by atoms with Crippen LogP contribution in [0, 0.1) is 10.1 Å². The number of ether oxygens (including phenoxy) is 1. The molecule has 0 fully saturated rings. The third kappa shape index (κ3) is 9.12. The zero-order chi connectivity index (χ0) is 8.69. The van der Waals surface area contributed by atoms with Crippen LogP contribution in [-0.2, 0) is 14.4 Å². The quantitative estimate of drug-likeness (QED) is 0.250. The van der Waals surface area contributed by atoms with Gasteiger partial charge in [-0.05, 0) is 11.6 Å². The first kappa shape index (κ1) is 10.1. The molecular formula is C4H6ClNO5. The van der Waals surface area contributed by atoms with Crippen molar-refractivity contribution >= 4 is 16.8 Å². The predicted octanol–water partition coefficient (Wildman–Crippen LogP) is -0.0233. The molecule has 0 spiro atoms. The van der Waals surface area contributed by atoms with Crippen LogP contribution in [0.25, 0.3) is 0 Å². The number of hydrogen-bond donors (Lipinski definition) is 0. The van der Waals surface area contributed by atoms with E-state index in [2.05, 4.69) is 9.57 Å². The molecule has 0 atom stereocenters. The fourth-order valence-corrected chi connectivity index (χ4v) is 0.400. The molecule has 0 saturated heterocycles. The molecule has 0 amide bonds. The standard InChI is InChI=1S/C4H6ClNO5/c5-4(7)3-10-1-2-11-6(8)9/h1-3H2. The van der Waals surface area contributed by atoms with Crippen LogP contribution in [0.2, 0.25) is 0 Å². The van der Waals surface area contributed by atoms with Gasteiger partial charge in [0.25, 0.3) is 5.09 Å². The summed E-state index contributed by atoms with van der Waals surface area (Å²) < 4.78 is 4.53. The van der Waals surface area contributed by atoms with E-state index in [1.54, 1.807) is 0 Å². The maximum absolute atomic E-state index is 10.0. The van der Waals surface area contributed by atoms with E-state index in [9.17, 15) is 14.9 Å². The monoisotopic (exact) mass is 183 g/mol. The lowest BCUT2D eigenvalue weighted by molar-refractivity contribution is -0.758. The van der Waals surface area contributed by atoms with E-state index in [0.29, 0.717) is 0 Å². The van der Waals surface area contributed by atoms with Crippen molar-refractivity contribution in [3.05, 3.63) is 10.1 Å². The lowest BCUT2D eigenvalue weighted by atomic mass is 10.7. The maximum atomic E-state index is 10.0. The zero-order valence-corrected chi connectivity index (χ0v) is 6.24. The molecule has 0 aromatic heterocycles. The van der Waals surface area contributed by atoms with Gasteiger partial charge in [0.15, 0.2) is 0 Å². The highest BCUT2D eigenvalue weighted by Crippen LogP contribution is 1.83. The summed E-state index contributed by atoms with van der Waals surface area (Å²) in [5.41, 5.74) is 0. The van der Waals surface area contributed by atoms with Gasteiger partial charge in [0.2, 0.25) is 5.24 Å². The lowest BCUT2D eigenvalue weighted by Gasteiger charge is -1.98. The smallest absolute Gasteiger partial charge is 0.294 e. The van der Waals surface area contributed by atoms with Crippen LogP contribution in [0.3, 0.4) is 0 Å². The molecule has 64 valence electrons. The van der Waals surface area contributed by atoms with Crippen molar-refractivity contribution < 1.29 is 19.5 Å². The number of nitrogens with zero attached hydrogens (tertiary/aromatic N) is 1. The number of halogens is 1. The van der Waals surface area contributed by atoms with Gasteiger partial charge in [0, 0.05) is 0 Å². The second-order valence-corrected chi connectivity index (χ2v) is 1.89. The molecule has 0 N–H and O–H groups in total. The van der Waals surface area contributed by atoms with Crippen molar-refractivity contribution in [1.29, 1.82) is 0 Å². The fraction of sp³-hybridized carbons (Fsp3) is 0.750. The van der Waals surface area contributed by atoms with Gasteiger partial charge in [-0.2, -0.15) is 0 Å². The van der Waals surface area contributed by atoms with Crippen LogP contribution in [-0.4, -0.2) is 30.1 Å². The molecule has 0 aromatic rings. The minimum atomic E-state index is -0.939. The number of carbonyl (C=O) groups excluding carboxylic acids is 1. The van der Waals surface area contributed by atoms with Crippen molar-refractivity contribution in [2.24, 2.45) is 0 Å². The van der Waals surface area contributed by atoms with Crippen molar-refractivity contribution in [3.63, 3.8) is 0 Å². The van der Waals surface area contributed by atoms with Gasteiger partial charge in [-0.3, -0.25) is 4.79 Å². The highest BCUT2D eigenvalue weighted by molar-refractivity contribution is 6.63. The maximum Gasteiger partial charge on any atom is 0.294 e. The van der Waals surface area contributed by atoms with Gasteiger partial charge in [-0.1, -0.05) is 0 Å². The Labute approximate surface area is 67.1 Å². The van der Waals surface area contributed by atoms with E-state index in [1.807, 2.05) is 0 Å². The van der Waals surface area contributed by atoms with Gasteiger partial charge in [0.1, 0.15) is 13.2 Å². The second-order valence-electron chi connectivity index (χ2n) is 1.46. The van der Waals surface area contributed by atoms with E-state index < -0.39 is 10.3 Å². The molecule has 0 aliphatic heterocycles. The highest BCUT2D eigenvalue weighted by atomic mass is 35.5. The first-order chi connectivity index (χ1) is 5.13. The lowest BCUT2D eigenvalue weighted by Crippen LogP contribution is -2.11. The van der Waals surface area contributed by atoms with Gasteiger partial charge < -0.3 is 9.57 Å². The van der Waals surface area contributed by atoms with Gasteiger partial charge >= 0.3 is 0 Å². The average molecular weight is 184 g/mol. The van der Waals surface area contributed by atoms with Crippen LogP contribution < -0.4 is 0 Å². The van der Waals surface area contributed by atoms with E-state index in [4.69, 9.17) is 11.6 Å².